The van der Waals surface area contributed by atoms with E-state index in [1.54, 1.807) is 11.3 Å². The summed E-state index contributed by atoms with van der Waals surface area (Å²) in [5.41, 5.74) is 5.84. The second-order valence-electron chi connectivity index (χ2n) is 3.37. The molecule has 0 aliphatic heterocycles. The van der Waals surface area contributed by atoms with Gasteiger partial charge in [0.15, 0.2) is 0 Å². The Morgan fingerprint density at radius 1 is 1.60 bits per heavy atom. The number of nitrogens with zero attached hydrogens (tertiary/aromatic N) is 2. The van der Waals surface area contributed by atoms with E-state index < -0.39 is 0 Å². The third kappa shape index (κ3) is 1.96. The largest absolute Gasteiger partial charge is 0.328 e. The van der Waals surface area contributed by atoms with Crippen molar-refractivity contribution >= 4 is 11.3 Å². The minimum Gasteiger partial charge on any atom is -0.328 e. The van der Waals surface area contributed by atoms with E-state index in [4.69, 9.17) is 5.73 Å². The maximum atomic E-state index is 5.84. The molecule has 15 heavy (non-hydrogen) atoms. The van der Waals surface area contributed by atoms with Crippen molar-refractivity contribution in [1.82, 2.24) is 9.55 Å². The Hall–Kier alpha value is -1.13. The van der Waals surface area contributed by atoms with E-state index >= 15 is 0 Å². The van der Waals surface area contributed by atoms with E-state index in [1.165, 1.54) is 4.88 Å². The molecule has 2 aromatic heterocycles. The van der Waals surface area contributed by atoms with Crippen molar-refractivity contribution in [1.29, 1.82) is 0 Å². The van der Waals surface area contributed by atoms with Gasteiger partial charge in [0.1, 0.15) is 5.82 Å². The minimum absolute atomic E-state index is 0.238. The van der Waals surface area contributed by atoms with Crippen LogP contribution < -0.4 is 5.73 Å². The van der Waals surface area contributed by atoms with Crippen molar-refractivity contribution in [2.24, 2.45) is 5.73 Å². The van der Waals surface area contributed by atoms with Crippen LogP contribution >= 0.6 is 11.3 Å². The van der Waals surface area contributed by atoms with Gasteiger partial charge in [-0.15, -0.1) is 11.3 Å². The van der Waals surface area contributed by atoms with Gasteiger partial charge in [-0.2, -0.15) is 0 Å². The van der Waals surface area contributed by atoms with Crippen LogP contribution in [0.5, 0.6) is 0 Å². The summed E-state index contributed by atoms with van der Waals surface area (Å²) in [6.45, 7) is 2.73. The van der Waals surface area contributed by atoms with Crippen LogP contribution in [0.1, 0.15) is 23.7 Å². The Balaban J connectivity index is 2.35. The molecule has 0 spiro atoms. The molecular weight excluding hydrogens is 206 g/mol. The van der Waals surface area contributed by atoms with Gasteiger partial charge in [0.2, 0.25) is 0 Å². The molecule has 3 nitrogen and oxygen atoms in total. The number of aromatic nitrogens is 2. The standard InChI is InChI=1S/C11H15N3S/c1-2-11-13-5-6-14(11)9(8-12)10-4-3-7-15-10/h3-7,9H,2,8,12H2,1H3. The predicted octanol–water partition coefficient (Wildman–Crippen LogP) is 2.06. The van der Waals surface area contributed by atoms with Crippen LogP contribution in [0.4, 0.5) is 0 Å². The Morgan fingerprint density at radius 2 is 2.47 bits per heavy atom. The quantitative estimate of drug-likeness (QED) is 0.858. The normalized spacial score (nSPS) is 12.9. The topological polar surface area (TPSA) is 43.8 Å². The molecule has 1 unspecified atom stereocenters. The smallest absolute Gasteiger partial charge is 0.108 e. The van der Waals surface area contributed by atoms with Crippen molar-refractivity contribution < 1.29 is 0 Å². The first-order valence-corrected chi connectivity index (χ1v) is 6.00. The maximum Gasteiger partial charge on any atom is 0.108 e. The van der Waals surface area contributed by atoms with E-state index in [0.29, 0.717) is 6.54 Å². The number of hydrogen-bond acceptors (Lipinski definition) is 3. The van der Waals surface area contributed by atoms with E-state index in [9.17, 15) is 0 Å². The van der Waals surface area contributed by atoms with Crippen molar-refractivity contribution in [3.05, 3.63) is 40.6 Å². The first-order valence-electron chi connectivity index (χ1n) is 5.12. The first kappa shape index (κ1) is 10.4. The minimum atomic E-state index is 0.238. The van der Waals surface area contributed by atoms with Gasteiger partial charge in [-0.25, -0.2) is 4.98 Å². The summed E-state index contributed by atoms with van der Waals surface area (Å²) in [6, 6.07) is 4.43. The van der Waals surface area contributed by atoms with E-state index in [1.807, 2.05) is 12.4 Å². The Bertz CT molecular complexity index is 405. The molecule has 0 aliphatic rings. The van der Waals surface area contributed by atoms with Crippen LogP contribution in [0, 0.1) is 0 Å². The van der Waals surface area contributed by atoms with Crippen LogP contribution in [0.2, 0.25) is 0 Å². The van der Waals surface area contributed by atoms with Crippen molar-refractivity contribution in [3.8, 4) is 0 Å². The van der Waals surface area contributed by atoms with Gasteiger partial charge in [0.05, 0.1) is 6.04 Å². The molecule has 2 heterocycles. The molecule has 0 saturated heterocycles. The number of nitrogens with two attached hydrogens (primary N) is 1. The summed E-state index contributed by atoms with van der Waals surface area (Å²) in [5.74, 6) is 1.10. The fraction of sp³-hybridized carbons (Fsp3) is 0.364. The molecule has 2 rings (SSSR count). The second-order valence-corrected chi connectivity index (χ2v) is 4.35. The molecule has 2 aromatic rings. The van der Waals surface area contributed by atoms with Crippen LogP contribution in [0.3, 0.4) is 0 Å². The van der Waals surface area contributed by atoms with Crippen LogP contribution in [-0.4, -0.2) is 16.1 Å². The number of imidazole rings is 1. The average molecular weight is 221 g/mol. The third-order valence-electron chi connectivity index (χ3n) is 2.50. The molecular formula is C11H15N3S. The lowest BCUT2D eigenvalue weighted by atomic mass is 10.2. The maximum absolute atomic E-state index is 5.84. The SMILES string of the molecule is CCc1nccn1C(CN)c1cccs1. The zero-order chi connectivity index (χ0) is 10.7. The molecule has 2 N–H and O–H groups in total. The zero-order valence-corrected chi connectivity index (χ0v) is 9.57. The van der Waals surface area contributed by atoms with Crippen molar-refractivity contribution in [3.63, 3.8) is 0 Å². The fourth-order valence-corrected chi connectivity index (χ4v) is 2.59. The Kier molecular flexibility index (Phi) is 3.18. The van der Waals surface area contributed by atoms with Gasteiger partial charge >= 0.3 is 0 Å². The molecule has 0 amide bonds. The fourth-order valence-electron chi connectivity index (χ4n) is 1.75. The van der Waals surface area contributed by atoms with Gasteiger partial charge in [0.25, 0.3) is 0 Å². The van der Waals surface area contributed by atoms with Gasteiger partial charge in [-0.3, -0.25) is 0 Å². The Labute approximate surface area is 93.6 Å². The molecule has 0 bridgehead atoms. The summed E-state index contributed by atoms with van der Waals surface area (Å²) in [5, 5.41) is 2.08. The van der Waals surface area contributed by atoms with Crippen LogP contribution in [-0.2, 0) is 6.42 Å². The highest BCUT2D eigenvalue weighted by Gasteiger charge is 2.14. The number of hydrogen-bond donors (Lipinski definition) is 1. The Morgan fingerprint density at radius 3 is 3.07 bits per heavy atom. The molecule has 4 heteroatoms. The predicted molar refractivity (Wildman–Crippen MR) is 63.1 cm³/mol. The summed E-state index contributed by atoms with van der Waals surface area (Å²) < 4.78 is 2.17. The summed E-state index contributed by atoms with van der Waals surface area (Å²) in [4.78, 5) is 5.62. The van der Waals surface area contributed by atoms with Crippen LogP contribution in [0.25, 0.3) is 0 Å². The van der Waals surface area contributed by atoms with Gasteiger partial charge in [-0.05, 0) is 11.4 Å². The van der Waals surface area contributed by atoms with E-state index in [2.05, 4.69) is 34.0 Å². The highest BCUT2D eigenvalue weighted by molar-refractivity contribution is 7.10. The second kappa shape index (κ2) is 4.59. The van der Waals surface area contributed by atoms with Crippen molar-refractivity contribution in [2.45, 2.75) is 19.4 Å². The summed E-state index contributed by atoms with van der Waals surface area (Å²) >= 11 is 1.74. The van der Waals surface area contributed by atoms with Gasteiger partial charge in [-0.1, -0.05) is 13.0 Å². The lowest BCUT2D eigenvalue weighted by Crippen LogP contribution is -2.20. The average Bonchev–Trinajstić information content (AvgIpc) is 2.89. The third-order valence-corrected chi connectivity index (χ3v) is 3.47. The molecule has 0 fully saturated rings. The lowest BCUT2D eigenvalue weighted by molar-refractivity contribution is 0.577. The molecule has 0 radical (unpaired) electrons. The molecule has 1 atom stereocenters. The van der Waals surface area contributed by atoms with Crippen LogP contribution in [0.15, 0.2) is 29.9 Å². The molecule has 0 aliphatic carbocycles. The number of thiophene rings is 1. The highest BCUT2D eigenvalue weighted by Crippen LogP contribution is 2.23. The molecule has 0 saturated carbocycles. The van der Waals surface area contributed by atoms with E-state index in [-0.39, 0.29) is 6.04 Å². The lowest BCUT2D eigenvalue weighted by Gasteiger charge is -2.17. The number of aryl methyl sites for hydroxylation is 1. The molecule has 0 aromatic carbocycles. The van der Waals surface area contributed by atoms with Crippen molar-refractivity contribution in [2.75, 3.05) is 6.54 Å². The summed E-state index contributed by atoms with van der Waals surface area (Å²) in [7, 11) is 0. The monoisotopic (exact) mass is 221 g/mol. The number of rotatable bonds is 4. The summed E-state index contributed by atoms with van der Waals surface area (Å²) in [6.07, 6.45) is 4.79. The first-order chi connectivity index (χ1) is 7.36. The van der Waals surface area contributed by atoms with Gasteiger partial charge < -0.3 is 10.3 Å². The van der Waals surface area contributed by atoms with Gasteiger partial charge in [0, 0.05) is 30.2 Å². The van der Waals surface area contributed by atoms with E-state index in [0.717, 1.165) is 12.2 Å². The zero-order valence-electron chi connectivity index (χ0n) is 8.76. The highest BCUT2D eigenvalue weighted by atomic mass is 32.1. The molecule has 80 valence electrons.